The Kier molecular flexibility index (Phi) is 8.18. The van der Waals surface area contributed by atoms with Crippen molar-refractivity contribution in [2.45, 2.75) is 64.9 Å². The Morgan fingerprint density at radius 3 is 2.61 bits per heavy atom. The van der Waals surface area contributed by atoms with Crippen molar-refractivity contribution in [2.75, 3.05) is 6.61 Å². The zero-order chi connectivity index (χ0) is 16.3. The number of aromatic nitrogens is 3. The maximum absolute atomic E-state index is 5.90. The largest absolute Gasteiger partial charge is 0.371 e. The summed E-state index contributed by atoms with van der Waals surface area (Å²) in [5, 5.41) is 10.3. The molecule has 1 atom stereocenters. The summed E-state index contributed by atoms with van der Waals surface area (Å²) in [4.78, 5) is 4.12. The molecule has 4 nitrogen and oxygen atoms in total. The number of hydrogen-bond donors (Lipinski definition) is 0. The molecular weight excluding hydrogens is 306 g/mol. The van der Waals surface area contributed by atoms with Gasteiger partial charge in [0.25, 0.3) is 0 Å². The first-order valence-electron chi connectivity index (χ1n) is 8.66. The van der Waals surface area contributed by atoms with Crippen molar-refractivity contribution in [3.05, 3.63) is 29.5 Å². The lowest BCUT2D eigenvalue weighted by Gasteiger charge is -2.09. The molecule has 0 amide bonds. The molecule has 2 aromatic rings. The lowest BCUT2D eigenvalue weighted by molar-refractivity contribution is 0.0621. The molecule has 0 aliphatic heterocycles. The van der Waals surface area contributed by atoms with E-state index in [4.69, 9.17) is 4.74 Å². The first-order valence-corrected chi connectivity index (χ1v) is 9.48. The summed E-state index contributed by atoms with van der Waals surface area (Å²) in [7, 11) is 0. The van der Waals surface area contributed by atoms with E-state index < -0.39 is 0 Å². The molecule has 5 heteroatoms. The summed E-state index contributed by atoms with van der Waals surface area (Å²) in [5.74, 6) is 0. The molecule has 0 aliphatic carbocycles. The predicted octanol–water partition coefficient (Wildman–Crippen LogP) is 5.43. The molecule has 126 valence electrons. The van der Waals surface area contributed by atoms with E-state index in [0.717, 1.165) is 28.6 Å². The van der Waals surface area contributed by atoms with Crippen molar-refractivity contribution in [1.29, 1.82) is 0 Å². The Bertz CT molecular complexity index is 544. The van der Waals surface area contributed by atoms with Crippen LogP contribution >= 0.6 is 11.3 Å². The Labute approximate surface area is 143 Å². The lowest BCUT2D eigenvalue weighted by Crippen LogP contribution is -2.01. The van der Waals surface area contributed by atoms with Crippen molar-refractivity contribution in [3.8, 4) is 10.6 Å². The van der Waals surface area contributed by atoms with Gasteiger partial charge in [0.15, 0.2) is 0 Å². The van der Waals surface area contributed by atoms with Crippen LogP contribution in [-0.4, -0.2) is 21.8 Å². The highest BCUT2D eigenvalue weighted by atomic mass is 32.1. The van der Waals surface area contributed by atoms with E-state index >= 15 is 0 Å². The average molecular weight is 334 g/mol. The highest BCUT2D eigenvalue weighted by molar-refractivity contribution is 7.14. The summed E-state index contributed by atoms with van der Waals surface area (Å²) in [6.07, 6.45) is 12.7. The van der Waals surface area contributed by atoms with Gasteiger partial charge in [-0.2, -0.15) is 0 Å². The minimum absolute atomic E-state index is 0.0120. The number of unbranched alkanes of at least 4 members (excludes halogenated alkanes) is 6. The minimum Gasteiger partial charge on any atom is -0.371 e. The topological polar surface area (TPSA) is 47.9 Å². The van der Waals surface area contributed by atoms with E-state index in [1.807, 2.05) is 18.3 Å². The van der Waals surface area contributed by atoms with Crippen LogP contribution in [0.1, 0.15) is 69.9 Å². The molecule has 0 saturated heterocycles. The lowest BCUT2D eigenvalue weighted by atomic mass is 10.1. The van der Waals surface area contributed by atoms with Crippen LogP contribution in [0.5, 0.6) is 0 Å². The summed E-state index contributed by atoms with van der Waals surface area (Å²) >= 11 is 1.58. The van der Waals surface area contributed by atoms with Crippen LogP contribution in [-0.2, 0) is 4.74 Å². The Morgan fingerprint density at radius 1 is 1.09 bits per heavy atom. The molecule has 0 aliphatic rings. The van der Waals surface area contributed by atoms with Crippen LogP contribution in [0.25, 0.3) is 10.6 Å². The zero-order valence-corrected chi connectivity index (χ0v) is 15.0. The Morgan fingerprint density at radius 2 is 1.87 bits per heavy atom. The van der Waals surface area contributed by atoms with Crippen LogP contribution in [0.15, 0.2) is 24.5 Å². The van der Waals surface area contributed by atoms with E-state index in [-0.39, 0.29) is 6.10 Å². The highest BCUT2D eigenvalue weighted by Gasteiger charge is 2.13. The second-order valence-corrected chi connectivity index (χ2v) is 6.83. The molecule has 2 heterocycles. The molecule has 0 saturated carbocycles. The maximum Gasteiger partial charge on any atom is 0.149 e. The van der Waals surface area contributed by atoms with Gasteiger partial charge in [-0.05, 0) is 25.5 Å². The molecule has 0 N–H and O–H groups in total. The number of ether oxygens (including phenoxy) is 1. The Hall–Kier alpha value is -1.33. The second kappa shape index (κ2) is 10.4. The quantitative estimate of drug-likeness (QED) is 0.515. The standard InChI is InChI=1S/C18H27N3OS/c1-3-4-5-6-7-8-9-13-22-15(2)17-20-21-18(23-17)16-11-10-12-19-14-16/h10-12,14-15H,3-9,13H2,1-2H3/t15-/m1/s1. The van der Waals surface area contributed by atoms with Crippen molar-refractivity contribution in [1.82, 2.24) is 15.2 Å². The van der Waals surface area contributed by atoms with E-state index in [2.05, 4.69) is 29.0 Å². The fourth-order valence-electron chi connectivity index (χ4n) is 2.40. The average Bonchev–Trinajstić information content (AvgIpc) is 3.08. The van der Waals surface area contributed by atoms with E-state index in [1.165, 1.54) is 38.5 Å². The maximum atomic E-state index is 5.90. The van der Waals surface area contributed by atoms with Gasteiger partial charge >= 0.3 is 0 Å². The van der Waals surface area contributed by atoms with Gasteiger partial charge in [-0.3, -0.25) is 4.98 Å². The van der Waals surface area contributed by atoms with Gasteiger partial charge in [-0.25, -0.2) is 0 Å². The van der Waals surface area contributed by atoms with Crippen LogP contribution in [0.2, 0.25) is 0 Å². The number of rotatable bonds is 11. The summed E-state index contributed by atoms with van der Waals surface area (Å²) in [6, 6.07) is 3.91. The van der Waals surface area contributed by atoms with Crippen molar-refractivity contribution < 1.29 is 4.74 Å². The third-order valence-corrected chi connectivity index (χ3v) is 4.95. The highest BCUT2D eigenvalue weighted by Crippen LogP contribution is 2.27. The molecule has 0 spiro atoms. The fourth-order valence-corrected chi connectivity index (χ4v) is 3.23. The van der Waals surface area contributed by atoms with Crippen LogP contribution < -0.4 is 0 Å². The van der Waals surface area contributed by atoms with E-state index in [0.29, 0.717) is 0 Å². The smallest absolute Gasteiger partial charge is 0.149 e. The molecule has 0 unspecified atom stereocenters. The minimum atomic E-state index is 0.0120. The van der Waals surface area contributed by atoms with Crippen LogP contribution in [0.4, 0.5) is 0 Å². The summed E-state index contributed by atoms with van der Waals surface area (Å²) in [5.41, 5.74) is 1.01. The monoisotopic (exact) mass is 333 g/mol. The predicted molar refractivity (Wildman–Crippen MR) is 95.5 cm³/mol. The number of nitrogens with zero attached hydrogens (tertiary/aromatic N) is 3. The van der Waals surface area contributed by atoms with Gasteiger partial charge in [0.1, 0.15) is 16.1 Å². The fraction of sp³-hybridized carbons (Fsp3) is 0.611. The Balaban J connectivity index is 1.66. The van der Waals surface area contributed by atoms with Gasteiger partial charge in [0, 0.05) is 24.6 Å². The van der Waals surface area contributed by atoms with Gasteiger partial charge in [-0.15, -0.1) is 10.2 Å². The number of hydrogen-bond acceptors (Lipinski definition) is 5. The molecule has 0 aromatic carbocycles. The normalized spacial score (nSPS) is 12.4. The zero-order valence-electron chi connectivity index (χ0n) is 14.2. The van der Waals surface area contributed by atoms with Crippen molar-refractivity contribution >= 4 is 11.3 Å². The van der Waals surface area contributed by atoms with Gasteiger partial charge in [0.05, 0.1) is 0 Å². The third-order valence-electron chi connectivity index (χ3n) is 3.81. The first kappa shape index (κ1) is 18.0. The van der Waals surface area contributed by atoms with Gasteiger partial charge in [-0.1, -0.05) is 56.8 Å². The third kappa shape index (κ3) is 6.36. The molecule has 0 bridgehead atoms. The molecule has 23 heavy (non-hydrogen) atoms. The number of pyridine rings is 1. The van der Waals surface area contributed by atoms with Crippen molar-refractivity contribution in [3.63, 3.8) is 0 Å². The van der Waals surface area contributed by atoms with E-state index in [9.17, 15) is 0 Å². The molecular formula is C18H27N3OS. The molecule has 0 fully saturated rings. The van der Waals surface area contributed by atoms with Crippen molar-refractivity contribution in [2.24, 2.45) is 0 Å². The molecule has 2 aromatic heterocycles. The SMILES string of the molecule is CCCCCCCCCO[C@H](C)c1nnc(-c2cccnc2)s1. The van der Waals surface area contributed by atoms with Gasteiger partial charge in [0.2, 0.25) is 0 Å². The van der Waals surface area contributed by atoms with E-state index in [1.54, 1.807) is 17.5 Å². The summed E-state index contributed by atoms with van der Waals surface area (Å²) in [6.45, 7) is 5.11. The van der Waals surface area contributed by atoms with Crippen LogP contribution in [0, 0.1) is 0 Å². The summed E-state index contributed by atoms with van der Waals surface area (Å²) < 4.78 is 5.90. The van der Waals surface area contributed by atoms with Gasteiger partial charge < -0.3 is 4.74 Å². The first-order chi connectivity index (χ1) is 11.3. The second-order valence-electron chi connectivity index (χ2n) is 5.82. The van der Waals surface area contributed by atoms with Crippen LogP contribution in [0.3, 0.4) is 0 Å². The molecule has 2 rings (SSSR count). The molecule has 0 radical (unpaired) electrons.